The lowest BCUT2D eigenvalue weighted by atomic mass is 10.4. The lowest BCUT2D eigenvalue weighted by Crippen LogP contribution is -1.91. The highest BCUT2D eigenvalue weighted by Gasteiger charge is 2.01. The Morgan fingerprint density at radius 3 is 3.00 bits per heavy atom. The van der Waals surface area contributed by atoms with Gasteiger partial charge in [0.05, 0.1) is 5.51 Å². The van der Waals surface area contributed by atoms with Gasteiger partial charge in [-0.15, -0.1) is 11.3 Å². The third-order valence-electron chi connectivity index (χ3n) is 1.55. The number of H-pyrrole nitrogens is 1. The number of hydrogen-bond acceptors (Lipinski definition) is 4. The summed E-state index contributed by atoms with van der Waals surface area (Å²) < 4.78 is 0.597. The maximum absolute atomic E-state index is 5.01. The van der Waals surface area contributed by atoms with Crippen LogP contribution in [-0.4, -0.2) is 15.0 Å². The molecule has 5 heteroatoms. The van der Waals surface area contributed by atoms with E-state index in [0.29, 0.717) is 4.64 Å². The molecule has 0 amide bonds. The van der Waals surface area contributed by atoms with Crippen molar-refractivity contribution in [1.82, 2.24) is 15.0 Å². The molecule has 66 valence electrons. The highest BCUT2D eigenvalue weighted by Crippen LogP contribution is 2.14. The number of hydrogen-bond donors (Lipinski definition) is 1. The second-order valence-electron chi connectivity index (χ2n) is 2.62. The van der Waals surface area contributed by atoms with Crippen LogP contribution >= 0.6 is 23.6 Å². The van der Waals surface area contributed by atoms with Gasteiger partial charge in [-0.3, -0.25) is 0 Å². The van der Waals surface area contributed by atoms with Crippen LogP contribution in [-0.2, 0) is 0 Å². The van der Waals surface area contributed by atoms with E-state index in [0.717, 1.165) is 17.2 Å². The average Bonchev–Trinajstić information content (AvgIpc) is 2.53. The van der Waals surface area contributed by atoms with Crippen LogP contribution in [0, 0.1) is 11.6 Å². The molecule has 0 aliphatic rings. The fourth-order valence-electron chi connectivity index (χ4n) is 1.03. The van der Waals surface area contributed by atoms with Crippen LogP contribution in [0.5, 0.6) is 0 Å². The highest BCUT2D eigenvalue weighted by atomic mass is 32.1. The third kappa shape index (κ3) is 1.81. The van der Waals surface area contributed by atoms with Crippen LogP contribution in [0.25, 0.3) is 11.5 Å². The zero-order valence-corrected chi connectivity index (χ0v) is 8.58. The molecule has 2 aromatic heterocycles. The predicted molar refractivity (Wildman–Crippen MR) is 55.3 cm³/mol. The van der Waals surface area contributed by atoms with Gasteiger partial charge in [0.15, 0.2) is 5.82 Å². The summed E-state index contributed by atoms with van der Waals surface area (Å²) in [5.74, 6) is 0.742. The first-order valence-electron chi connectivity index (χ1n) is 3.72. The van der Waals surface area contributed by atoms with Crippen molar-refractivity contribution in [2.45, 2.75) is 6.92 Å². The minimum Gasteiger partial charge on any atom is -0.342 e. The van der Waals surface area contributed by atoms with Gasteiger partial charge in [0.2, 0.25) is 0 Å². The van der Waals surface area contributed by atoms with Crippen LogP contribution < -0.4 is 0 Å². The molecule has 0 bridgehead atoms. The quantitative estimate of drug-likeness (QED) is 0.734. The first-order valence-corrected chi connectivity index (χ1v) is 5.07. The van der Waals surface area contributed by atoms with E-state index >= 15 is 0 Å². The molecular weight excluding hydrogens is 202 g/mol. The largest absolute Gasteiger partial charge is 0.342 e. The normalized spacial score (nSPS) is 10.2. The van der Waals surface area contributed by atoms with Crippen molar-refractivity contribution < 1.29 is 0 Å². The number of rotatable bonds is 1. The molecule has 0 saturated heterocycles. The van der Waals surface area contributed by atoms with Crippen molar-refractivity contribution in [3.05, 3.63) is 27.3 Å². The standard InChI is InChI=1S/C8H7N3S2/c1-5-2-7(12)11-8(10-5)6-3-13-4-9-6/h2-4H,1H3,(H,10,11,12). The molecule has 2 rings (SSSR count). The van der Waals surface area contributed by atoms with Crippen molar-refractivity contribution in [3.8, 4) is 11.5 Å². The Morgan fingerprint density at radius 1 is 1.54 bits per heavy atom. The topological polar surface area (TPSA) is 41.6 Å². The maximum atomic E-state index is 5.01. The Hall–Kier alpha value is -1.07. The monoisotopic (exact) mass is 209 g/mol. The summed E-state index contributed by atoms with van der Waals surface area (Å²) in [6, 6.07) is 1.82. The van der Waals surface area contributed by atoms with E-state index < -0.39 is 0 Å². The molecule has 13 heavy (non-hydrogen) atoms. The molecule has 2 aromatic rings. The second-order valence-corrected chi connectivity index (χ2v) is 3.76. The first kappa shape index (κ1) is 8.52. The summed E-state index contributed by atoms with van der Waals surface area (Å²) >= 11 is 6.55. The Balaban J connectivity index is 2.59. The van der Waals surface area contributed by atoms with Gasteiger partial charge in [-0.2, -0.15) is 0 Å². The number of nitrogens with zero attached hydrogens (tertiary/aromatic N) is 2. The summed E-state index contributed by atoms with van der Waals surface area (Å²) in [6.45, 7) is 1.95. The summed E-state index contributed by atoms with van der Waals surface area (Å²) in [6.07, 6.45) is 0. The van der Waals surface area contributed by atoms with Crippen LogP contribution in [0.3, 0.4) is 0 Å². The Labute approximate surface area is 84.5 Å². The van der Waals surface area contributed by atoms with E-state index in [4.69, 9.17) is 12.2 Å². The van der Waals surface area contributed by atoms with Gasteiger partial charge in [0.25, 0.3) is 0 Å². The molecule has 0 aliphatic heterocycles. The number of aromatic amines is 1. The molecule has 0 atom stereocenters. The highest BCUT2D eigenvalue weighted by molar-refractivity contribution is 7.71. The van der Waals surface area contributed by atoms with Crippen molar-refractivity contribution >= 4 is 23.6 Å². The van der Waals surface area contributed by atoms with Crippen molar-refractivity contribution in [1.29, 1.82) is 0 Å². The van der Waals surface area contributed by atoms with Crippen molar-refractivity contribution in [2.24, 2.45) is 0 Å². The fraction of sp³-hybridized carbons (Fsp3) is 0.125. The molecule has 0 aliphatic carbocycles. The van der Waals surface area contributed by atoms with E-state index in [1.807, 2.05) is 18.4 Å². The summed E-state index contributed by atoms with van der Waals surface area (Å²) in [4.78, 5) is 11.4. The third-order valence-corrected chi connectivity index (χ3v) is 2.35. The molecule has 0 unspecified atom stereocenters. The molecule has 0 aromatic carbocycles. The molecule has 0 fully saturated rings. The summed E-state index contributed by atoms with van der Waals surface area (Å²) in [5, 5.41) is 1.94. The van der Waals surface area contributed by atoms with E-state index in [-0.39, 0.29) is 0 Å². The average molecular weight is 209 g/mol. The number of aromatic nitrogens is 3. The van der Waals surface area contributed by atoms with E-state index in [1.54, 1.807) is 16.8 Å². The number of thiazole rings is 1. The van der Waals surface area contributed by atoms with Gasteiger partial charge >= 0.3 is 0 Å². The summed E-state index contributed by atoms with van der Waals surface area (Å²) in [7, 11) is 0. The van der Waals surface area contributed by atoms with Gasteiger partial charge in [-0.1, -0.05) is 12.2 Å². The van der Waals surface area contributed by atoms with Gasteiger partial charge < -0.3 is 4.98 Å². The zero-order chi connectivity index (χ0) is 9.26. The van der Waals surface area contributed by atoms with Crippen LogP contribution in [0.15, 0.2) is 17.0 Å². The van der Waals surface area contributed by atoms with E-state index in [2.05, 4.69) is 15.0 Å². The molecule has 3 nitrogen and oxygen atoms in total. The second kappa shape index (κ2) is 3.35. The van der Waals surface area contributed by atoms with Gasteiger partial charge in [0.1, 0.15) is 10.3 Å². The lowest BCUT2D eigenvalue weighted by molar-refractivity contribution is 1.08. The smallest absolute Gasteiger partial charge is 0.158 e. The van der Waals surface area contributed by atoms with Crippen molar-refractivity contribution in [2.75, 3.05) is 0 Å². The molecular formula is C8H7N3S2. The Kier molecular flexibility index (Phi) is 2.20. The lowest BCUT2D eigenvalue weighted by Gasteiger charge is -1.97. The Morgan fingerprint density at radius 2 is 2.38 bits per heavy atom. The minimum atomic E-state index is 0.597. The van der Waals surface area contributed by atoms with Crippen LogP contribution in [0.4, 0.5) is 0 Å². The van der Waals surface area contributed by atoms with Crippen LogP contribution in [0.1, 0.15) is 5.69 Å². The number of aryl methyl sites for hydroxylation is 1. The zero-order valence-electron chi connectivity index (χ0n) is 6.94. The predicted octanol–water partition coefficient (Wildman–Crippen LogP) is 2.57. The van der Waals surface area contributed by atoms with Gasteiger partial charge in [-0.25, -0.2) is 9.97 Å². The first-order chi connectivity index (χ1) is 6.25. The summed E-state index contributed by atoms with van der Waals surface area (Å²) in [5.41, 5.74) is 3.62. The van der Waals surface area contributed by atoms with E-state index in [1.165, 1.54) is 0 Å². The molecule has 0 radical (unpaired) electrons. The fourth-order valence-corrected chi connectivity index (χ4v) is 1.83. The minimum absolute atomic E-state index is 0.597. The van der Waals surface area contributed by atoms with Crippen LogP contribution in [0.2, 0.25) is 0 Å². The SMILES string of the molecule is Cc1cc(=S)nc(-c2cscn2)[nH]1. The van der Waals surface area contributed by atoms with Gasteiger partial charge in [-0.05, 0) is 13.0 Å². The van der Waals surface area contributed by atoms with Gasteiger partial charge in [0, 0.05) is 11.1 Å². The molecule has 1 N–H and O–H groups in total. The molecule has 0 spiro atoms. The van der Waals surface area contributed by atoms with E-state index in [9.17, 15) is 0 Å². The maximum Gasteiger partial charge on any atom is 0.158 e. The Bertz CT molecular complexity index is 458. The molecule has 0 saturated carbocycles. The molecule has 2 heterocycles. The van der Waals surface area contributed by atoms with Crippen molar-refractivity contribution in [3.63, 3.8) is 0 Å². The number of nitrogens with one attached hydrogen (secondary N) is 1.